The lowest BCUT2D eigenvalue weighted by atomic mass is 9.90. The van der Waals surface area contributed by atoms with Crippen LogP contribution in [-0.4, -0.2) is 53.2 Å². The molecule has 5 amide bonds. The van der Waals surface area contributed by atoms with Crippen LogP contribution in [0.1, 0.15) is 25.3 Å². The quantitative estimate of drug-likeness (QED) is 0.542. The zero-order valence-electron chi connectivity index (χ0n) is 20.1. The van der Waals surface area contributed by atoms with E-state index in [-0.39, 0.29) is 24.3 Å². The number of rotatable bonds is 5. The van der Waals surface area contributed by atoms with Crippen LogP contribution >= 0.6 is 0 Å². The zero-order chi connectivity index (χ0) is 25.3. The first-order valence-electron chi connectivity index (χ1n) is 12.1. The van der Waals surface area contributed by atoms with Gasteiger partial charge in [-0.05, 0) is 54.3 Å². The van der Waals surface area contributed by atoms with E-state index in [0.717, 1.165) is 21.4 Å². The summed E-state index contributed by atoms with van der Waals surface area (Å²) in [5.74, 6) is -1.01. The molecule has 0 aromatic heterocycles. The van der Waals surface area contributed by atoms with Gasteiger partial charge in [0.15, 0.2) is 0 Å². The molecule has 3 aromatic carbocycles. The minimum absolute atomic E-state index is 0.0615. The van der Waals surface area contributed by atoms with Crippen LogP contribution in [0.25, 0.3) is 10.8 Å². The number of piperidine rings is 1. The van der Waals surface area contributed by atoms with Crippen LogP contribution in [0.5, 0.6) is 0 Å². The predicted molar refractivity (Wildman–Crippen MR) is 136 cm³/mol. The summed E-state index contributed by atoms with van der Waals surface area (Å²) in [6, 6.07) is 22.1. The van der Waals surface area contributed by atoms with Crippen molar-refractivity contribution in [1.82, 2.24) is 15.1 Å². The Kier molecular flexibility index (Phi) is 6.18. The van der Waals surface area contributed by atoms with Gasteiger partial charge in [-0.1, -0.05) is 54.6 Å². The molecule has 1 unspecified atom stereocenters. The number of imide groups is 1. The molecule has 0 bridgehead atoms. The molecule has 0 saturated carbocycles. The highest BCUT2D eigenvalue weighted by Gasteiger charge is 2.49. The van der Waals surface area contributed by atoms with Crippen LogP contribution in [0.3, 0.4) is 0 Å². The summed E-state index contributed by atoms with van der Waals surface area (Å²) < 4.78 is 0. The monoisotopic (exact) mass is 484 g/mol. The first-order valence-corrected chi connectivity index (χ1v) is 12.1. The molecule has 0 spiro atoms. The van der Waals surface area contributed by atoms with Crippen LogP contribution < -0.4 is 10.6 Å². The molecule has 2 fully saturated rings. The summed E-state index contributed by atoms with van der Waals surface area (Å²) in [5.41, 5.74) is 0.165. The lowest BCUT2D eigenvalue weighted by Gasteiger charge is -2.32. The fourth-order valence-corrected chi connectivity index (χ4v) is 4.93. The summed E-state index contributed by atoms with van der Waals surface area (Å²) in [5, 5.41) is 7.69. The number of anilines is 1. The van der Waals surface area contributed by atoms with Gasteiger partial charge in [-0.25, -0.2) is 4.79 Å². The molecule has 2 saturated heterocycles. The third-order valence-corrected chi connectivity index (χ3v) is 7.15. The third kappa shape index (κ3) is 4.42. The highest BCUT2D eigenvalue weighted by atomic mass is 16.2. The number of carbonyl (C=O) groups excluding carboxylic acids is 4. The van der Waals surface area contributed by atoms with Gasteiger partial charge in [0.25, 0.3) is 5.91 Å². The molecule has 184 valence electrons. The van der Waals surface area contributed by atoms with E-state index in [0.29, 0.717) is 31.5 Å². The van der Waals surface area contributed by atoms with E-state index in [1.54, 1.807) is 11.8 Å². The summed E-state index contributed by atoms with van der Waals surface area (Å²) in [6.45, 7) is 2.14. The Hall–Kier alpha value is -4.20. The number of benzene rings is 3. The Morgan fingerprint density at radius 3 is 2.33 bits per heavy atom. The Labute approximate surface area is 209 Å². The van der Waals surface area contributed by atoms with E-state index in [1.807, 2.05) is 72.8 Å². The van der Waals surface area contributed by atoms with Gasteiger partial charge in [0.1, 0.15) is 12.1 Å². The third-order valence-electron chi connectivity index (χ3n) is 7.15. The largest absolute Gasteiger partial charge is 0.341 e. The van der Waals surface area contributed by atoms with Crippen molar-refractivity contribution in [2.24, 2.45) is 5.92 Å². The summed E-state index contributed by atoms with van der Waals surface area (Å²) >= 11 is 0. The number of nitrogens with zero attached hydrogens (tertiary/aromatic N) is 2. The summed E-state index contributed by atoms with van der Waals surface area (Å²) in [4.78, 5) is 54.2. The van der Waals surface area contributed by atoms with E-state index >= 15 is 0 Å². The molecule has 36 heavy (non-hydrogen) atoms. The lowest BCUT2D eigenvalue weighted by Crippen LogP contribution is -2.47. The molecule has 0 radical (unpaired) electrons. The molecule has 1 atom stereocenters. The van der Waals surface area contributed by atoms with Crippen molar-refractivity contribution in [3.63, 3.8) is 0 Å². The molecule has 8 heteroatoms. The molecule has 5 rings (SSSR count). The van der Waals surface area contributed by atoms with Gasteiger partial charge < -0.3 is 15.5 Å². The molecular formula is C28H28N4O4. The van der Waals surface area contributed by atoms with Gasteiger partial charge in [-0.2, -0.15) is 0 Å². The first kappa shape index (κ1) is 23.5. The highest BCUT2D eigenvalue weighted by Crippen LogP contribution is 2.31. The van der Waals surface area contributed by atoms with Gasteiger partial charge in [-0.3, -0.25) is 19.3 Å². The number of carbonyl (C=O) groups is 4. The van der Waals surface area contributed by atoms with E-state index in [1.165, 1.54) is 0 Å². The van der Waals surface area contributed by atoms with E-state index in [4.69, 9.17) is 0 Å². The number of para-hydroxylation sites is 1. The average molecular weight is 485 g/mol. The number of hydrogen-bond donors (Lipinski definition) is 2. The minimum Gasteiger partial charge on any atom is -0.341 e. The van der Waals surface area contributed by atoms with Crippen molar-refractivity contribution < 1.29 is 19.2 Å². The zero-order valence-corrected chi connectivity index (χ0v) is 20.1. The Balaban J connectivity index is 1.20. The highest BCUT2D eigenvalue weighted by molar-refractivity contribution is 6.09. The fourth-order valence-electron chi connectivity index (χ4n) is 4.93. The van der Waals surface area contributed by atoms with Crippen molar-refractivity contribution in [1.29, 1.82) is 0 Å². The van der Waals surface area contributed by atoms with Gasteiger partial charge in [0, 0.05) is 24.7 Å². The number of fused-ring (bicyclic) bond motifs is 1. The molecule has 0 aliphatic carbocycles. The molecule has 2 N–H and O–H groups in total. The molecule has 3 aromatic rings. The van der Waals surface area contributed by atoms with Crippen LogP contribution in [0.2, 0.25) is 0 Å². The molecule has 2 aliphatic heterocycles. The number of likely N-dealkylation sites (tertiary alicyclic amines) is 1. The van der Waals surface area contributed by atoms with Gasteiger partial charge in [-0.15, -0.1) is 0 Å². The fraction of sp³-hybridized carbons (Fsp3) is 0.286. The topological polar surface area (TPSA) is 98.8 Å². The molecule has 2 heterocycles. The maximum absolute atomic E-state index is 13.3. The summed E-state index contributed by atoms with van der Waals surface area (Å²) in [6.07, 6.45) is 1.05. The van der Waals surface area contributed by atoms with Crippen LogP contribution in [-0.2, 0) is 19.9 Å². The average Bonchev–Trinajstić information content (AvgIpc) is 3.12. The maximum atomic E-state index is 13.3. The van der Waals surface area contributed by atoms with E-state index in [2.05, 4.69) is 10.6 Å². The maximum Gasteiger partial charge on any atom is 0.325 e. The van der Waals surface area contributed by atoms with Crippen LogP contribution in [0.4, 0.5) is 10.5 Å². The number of urea groups is 1. The van der Waals surface area contributed by atoms with Crippen molar-refractivity contribution >= 4 is 40.2 Å². The van der Waals surface area contributed by atoms with Crippen molar-refractivity contribution in [2.75, 3.05) is 25.0 Å². The van der Waals surface area contributed by atoms with Crippen molar-refractivity contribution in [2.45, 2.75) is 25.3 Å². The SMILES string of the molecule is CC1(c2ccc3ccccc3c2)NC(=O)N(CC(=O)N2CCC(C(=O)Nc3ccccc3)CC2)C1=O. The summed E-state index contributed by atoms with van der Waals surface area (Å²) in [7, 11) is 0. The lowest BCUT2D eigenvalue weighted by molar-refractivity contribution is -0.140. The van der Waals surface area contributed by atoms with E-state index < -0.39 is 17.5 Å². The van der Waals surface area contributed by atoms with Crippen molar-refractivity contribution in [3.8, 4) is 0 Å². The van der Waals surface area contributed by atoms with Crippen LogP contribution in [0.15, 0.2) is 72.8 Å². The number of nitrogens with one attached hydrogen (secondary N) is 2. The Bertz CT molecular complexity index is 1330. The Morgan fingerprint density at radius 1 is 0.944 bits per heavy atom. The molecular weight excluding hydrogens is 456 g/mol. The molecule has 2 aliphatic rings. The Morgan fingerprint density at radius 2 is 1.61 bits per heavy atom. The van der Waals surface area contributed by atoms with Crippen LogP contribution in [0, 0.1) is 5.92 Å². The smallest absolute Gasteiger partial charge is 0.325 e. The standard InChI is InChI=1S/C28H28N4O4/c1-28(22-12-11-19-7-5-6-8-21(19)17-22)26(35)32(27(36)30-28)18-24(33)31-15-13-20(14-16-31)25(34)29-23-9-3-2-4-10-23/h2-12,17,20H,13-16,18H2,1H3,(H,29,34)(H,30,36). The van der Waals surface area contributed by atoms with Gasteiger partial charge in [0.2, 0.25) is 11.8 Å². The minimum atomic E-state index is -1.25. The first-order chi connectivity index (χ1) is 17.3. The number of hydrogen-bond acceptors (Lipinski definition) is 4. The second-order valence-corrected chi connectivity index (χ2v) is 9.52. The second-order valence-electron chi connectivity index (χ2n) is 9.52. The predicted octanol–water partition coefficient (Wildman–Crippen LogP) is 3.48. The van der Waals surface area contributed by atoms with Gasteiger partial charge >= 0.3 is 6.03 Å². The van der Waals surface area contributed by atoms with E-state index in [9.17, 15) is 19.2 Å². The number of amides is 5. The molecule has 8 nitrogen and oxygen atoms in total. The second kappa shape index (κ2) is 9.45. The van der Waals surface area contributed by atoms with Crippen molar-refractivity contribution in [3.05, 3.63) is 78.4 Å². The normalized spacial score (nSPS) is 20.5. The van der Waals surface area contributed by atoms with Gasteiger partial charge in [0.05, 0.1) is 0 Å².